The second-order valence-electron chi connectivity index (χ2n) is 12.9. The molecule has 1 aliphatic heterocycles. The maximum absolute atomic E-state index is 13.7. The summed E-state index contributed by atoms with van der Waals surface area (Å²) in [5, 5.41) is 28.1. The SMILES string of the molecule is C.N=c1ccc2c(-c3ccccc3C(=O)[O-])c3ccc(N)c(S(=O)(=O)NCCOCCOCCOCCOCCOCCOCCOCCOCCC(=O)O)c3oc-2c1S(=O)(=O)[O-]. The number of nitrogens with two attached hydrogens (primary N) is 1. The first-order chi connectivity index (χ1) is 29.7. The molecule has 2 aromatic carbocycles. The Hall–Kier alpha value is -4.63. The number of carbonyl (C=O) groups excluding carboxylic acids is 1. The van der Waals surface area contributed by atoms with Crippen molar-refractivity contribution in [2.45, 2.75) is 23.6 Å². The number of aromatic carboxylic acids is 1. The average molecular weight is 928 g/mol. The van der Waals surface area contributed by atoms with Crippen LogP contribution in [0.3, 0.4) is 0 Å². The fourth-order valence-corrected chi connectivity index (χ4v) is 7.79. The number of benzene rings is 3. The number of hydrogen-bond acceptors (Lipinski definition) is 19. The van der Waals surface area contributed by atoms with Crippen LogP contribution in [0, 0.1) is 5.41 Å². The van der Waals surface area contributed by atoms with Gasteiger partial charge in [0.15, 0.2) is 11.3 Å². The third-order valence-electron chi connectivity index (χ3n) is 8.54. The molecule has 2 aliphatic rings. The highest BCUT2D eigenvalue weighted by Crippen LogP contribution is 2.45. The second kappa shape index (κ2) is 26.9. The van der Waals surface area contributed by atoms with Gasteiger partial charge in [-0.2, -0.15) is 0 Å². The summed E-state index contributed by atoms with van der Waals surface area (Å²) < 4.78 is 116. The van der Waals surface area contributed by atoms with Crippen LogP contribution in [-0.4, -0.2) is 151 Å². The number of aliphatic carboxylic acids is 1. The van der Waals surface area contributed by atoms with Gasteiger partial charge in [-0.15, -0.1) is 0 Å². The first kappa shape index (κ1) is 52.7. The Morgan fingerprint density at radius 3 is 1.62 bits per heavy atom. The van der Waals surface area contributed by atoms with E-state index in [0.717, 1.165) is 6.07 Å². The van der Waals surface area contributed by atoms with Crippen molar-refractivity contribution in [1.29, 1.82) is 5.41 Å². The van der Waals surface area contributed by atoms with Crippen molar-refractivity contribution in [1.82, 2.24) is 4.72 Å². The zero-order valence-electron chi connectivity index (χ0n) is 33.6. The number of carboxylic acid groups (broad SMARTS) is 2. The van der Waals surface area contributed by atoms with Gasteiger partial charge >= 0.3 is 5.97 Å². The Morgan fingerprint density at radius 1 is 0.667 bits per heavy atom. The lowest BCUT2D eigenvalue weighted by Gasteiger charge is -2.22. The number of carboxylic acids is 2. The van der Waals surface area contributed by atoms with Gasteiger partial charge in [-0.1, -0.05) is 31.7 Å². The van der Waals surface area contributed by atoms with E-state index in [1.807, 2.05) is 0 Å². The lowest BCUT2D eigenvalue weighted by Crippen LogP contribution is -2.29. The molecule has 0 saturated heterocycles. The molecule has 0 fully saturated rings. The van der Waals surface area contributed by atoms with Crippen molar-refractivity contribution in [2.75, 3.05) is 118 Å². The molecule has 0 amide bonds. The molecule has 23 heteroatoms. The van der Waals surface area contributed by atoms with Gasteiger partial charge in [0.05, 0.1) is 129 Å². The minimum atomic E-state index is -5.37. The standard InChI is InChI=1S/C39H51N3O18S2.CH4/c40-31-7-5-29-34(27-3-1-2-4-28(27)39(45)46)30-6-8-32(41)38(62(49,50)51)36(30)60-35(29)37(31)61(47,48)42-10-12-53-14-16-55-18-20-57-22-24-59-26-25-58-23-21-56-19-17-54-15-13-52-11-9-33(43)44;/h1-8,41-42H,9-26,40H2,(H,43,44)(H,45,46)(H,49,50,51);1H4/p-2. The van der Waals surface area contributed by atoms with Crippen LogP contribution >= 0.6 is 0 Å². The molecule has 4 rings (SSSR count). The number of sulfonamides is 1. The molecule has 350 valence electrons. The molecule has 2 aromatic rings. The molecule has 0 atom stereocenters. The molecule has 0 unspecified atom stereocenters. The first-order valence-corrected chi connectivity index (χ1v) is 22.1. The van der Waals surface area contributed by atoms with Crippen LogP contribution in [-0.2, 0) is 62.8 Å². The van der Waals surface area contributed by atoms with Crippen LogP contribution in [0.4, 0.5) is 5.69 Å². The number of fused-ring (bicyclic) bond motifs is 2. The van der Waals surface area contributed by atoms with Gasteiger partial charge in [-0.3, -0.25) is 10.2 Å². The summed E-state index contributed by atoms with van der Waals surface area (Å²) in [6.45, 7) is 4.45. The first-order valence-electron chi connectivity index (χ1n) is 19.2. The van der Waals surface area contributed by atoms with Gasteiger partial charge in [0, 0.05) is 28.6 Å². The van der Waals surface area contributed by atoms with Crippen LogP contribution in [0.15, 0.2) is 62.7 Å². The summed E-state index contributed by atoms with van der Waals surface area (Å²) in [5.74, 6) is -3.16. The largest absolute Gasteiger partial charge is 0.744 e. The Labute approximate surface area is 364 Å². The van der Waals surface area contributed by atoms with Gasteiger partial charge < -0.3 is 67.6 Å². The van der Waals surface area contributed by atoms with E-state index >= 15 is 0 Å². The predicted molar refractivity (Wildman–Crippen MR) is 222 cm³/mol. The Kier molecular flexibility index (Phi) is 22.5. The topological polar surface area (TPSA) is 318 Å². The molecule has 0 spiro atoms. The lowest BCUT2D eigenvalue weighted by molar-refractivity contribution is -0.255. The highest BCUT2D eigenvalue weighted by molar-refractivity contribution is 7.90. The minimum absolute atomic E-state index is 0. The van der Waals surface area contributed by atoms with Crippen LogP contribution < -0.4 is 20.9 Å². The molecule has 5 N–H and O–H groups in total. The Balaban J connectivity index is 0.0000106. The van der Waals surface area contributed by atoms with Crippen LogP contribution in [0.1, 0.15) is 24.2 Å². The summed E-state index contributed by atoms with van der Waals surface area (Å²) in [7, 11) is -9.91. The number of hydrogen-bond donors (Lipinski definition) is 4. The Bertz CT molecular complexity index is 2320. The van der Waals surface area contributed by atoms with Crippen LogP contribution in [0.2, 0.25) is 0 Å². The van der Waals surface area contributed by atoms with E-state index in [4.69, 9.17) is 58.6 Å². The van der Waals surface area contributed by atoms with Gasteiger partial charge in [-0.25, -0.2) is 21.6 Å². The van der Waals surface area contributed by atoms with Gasteiger partial charge in [-0.05, 0) is 29.8 Å². The van der Waals surface area contributed by atoms with E-state index in [-0.39, 0.29) is 86.8 Å². The van der Waals surface area contributed by atoms with E-state index in [0.29, 0.717) is 72.7 Å². The zero-order valence-corrected chi connectivity index (χ0v) is 35.3. The summed E-state index contributed by atoms with van der Waals surface area (Å²) in [4.78, 5) is 20.8. The van der Waals surface area contributed by atoms with Crippen molar-refractivity contribution in [3.05, 3.63) is 59.5 Å². The monoisotopic (exact) mass is 927 g/mol. The molecule has 0 aromatic heterocycles. The zero-order chi connectivity index (χ0) is 45.0. The van der Waals surface area contributed by atoms with E-state index in [9.17, 15) is 36.1 Å². The number of rotatable bonds is 32. The number of ether oxygens (including phenoxy) is 8. The van der Waals surface area contributed by atoms with E-state index in [1.54, 1.807) is 0 Å². The van der Waals surface area contributed by atoms with Gasteiger partial charge in [0.25, 0.3) is 0 Å². The molecule has 0 radical (unpaired) electrons. The summed E-state index contributed by atoms with van der Waals surface area (Å²) in [5.41, 5.74) is 4.94. The van der Waals surface area contributed by atoms with E-state index in [2.05, 4.69) is 4.72 Å². The van der Waals surface area contributed by atoms with Crippen molar-refractivity contribution in [3.8, 4) is 22.5 Å². The molecule has 0 bridgehead atoms. The lowest BCUT2D eigenvalue weighted by atomic mass is 9.90. The number of anilines is 1. The van der Waals surface area contributed by atoms with Crippen molar-refractivity contribution in [2.24, 2.45) is 0 Å². The predicted octanol–water partition coefficient (Wildman–Crippen LogP) is 1.06. The maximum atomic E-state index is 13.7. The summed E-state index contributed by atoms with van der Waals surface area (Å²) in [6.07, 6.45) is -0.0403. The smallest absolute Gasteiger partial charge is 0.305 e. The van der Waals surface area contributed by atoms with Gasteiger partial charge in [0.1, 0.15) is 19.9 Å². The molecule has 1 aliphatic carbocycles. The van der Waals surface area contributed by atoms with Crippen molar-refractivity contribution in [3.63, 3.8) is 0 Å². The van der Waals surface area contributed by atoms with E-state index in [1.165, 1.54) is 42.5 Å². The van der Waals surface area contributed by atoms with Gasteiger partial charge in [0.2, 0.25) is 10.0 Å². The fourth-order valence-electron chi connectivity index (χ4n) is 5.80. The fraction of sp³-hybridized carbons (Fsp3) is 0.475. The van der Waals surface area contributed by atoms with Crippen LogP contribution in [0.25, 0.3) is 33.4 Å². The number of nitrogens with one attached hydrogen (secondary N) is 2. The third kappa shape index (κ3) is 16.5. The summed E-state index contributed by atoms with van der Waals surface area (Å²) >= 11 is 0. The van der Waals surface area contributed by atoms with Crippen LogP contribution in [0.5, 0.6) is 0 Å². The van der Waals surface area contributed by atoms with Crippen molar-refractivity contribution < 1.29 is 83.5 Å². The normalized spacial score (nSPS) is 11.9. The average Bonchev–Trinajstić information content (AvgIpc) is 3.21. The minimum Gasteiger partial charge on any atom is -0.744 e. The highest BCUT2D eigenvalue weighted by Gasteiger charge is 2.30. The molecule has 0 saturated carbocycles. The maximum Gasteiger partial charge on any atom is 0.305 e. The molecule has 1 heterocycles. The summed E-state index contributed by atoms with van der Waals surface area (Å²) in [6, 6.07) is 10.5. The second-order valence-corrected chi connectivity index (χ2v) is 15.9. The highest BCUT2D eigenvalue weighted by atomic mass is 32.2. The number of carbonyl (C=O) groups is 2. The molecule has 63 heavy (non-hydrogen) atoms. The number of nitrogen functional groups attached to an aromatic ring is 1. The third-order valence-corrected chi connectivity index (χ3v) is 11.0. The molecule has 21 nitrogen and oxygen atoms in total. The molecular weight excluding hydrogens is 875 g/mol. The quantitative estimate of drug-likeness (QED) is 0.0230. The molecular formula is C40H53N3O18S2-2. The van der Waals surface area contributed by atoms with Crippen molar-refractivity contribution >= 4 is 48.7 Å². The Morgan fingerprint density at radius 2 is 1.14 bits per heavy atom. The van der Waals surface area contributed by atoms with E-state index < -0.39 is 58.6 Å².